The van der Waals surface area contributed by atoms with Crippen molar-refractivity contribution in [3.8, 4) is 11.1 Å². The largest absolute Gasteiger partial charge is 0.478 e. The molecule has 1 fully saturated rings. The maximum atomic E-state index is 13.1. The Hall–Kier alpha value is -4.65. The van der Waals surface area contributed by atoms with Gasteiger partial charge in [-0.05, 0) is 64.9 Å². The van der Waals surface area contributed by atoms with Crippen LogP contribution in [0.4, 0.5) is 10.5 Å². The van der Waals surface area contributed by atoms with Crippen LogP contribution in [-0.4, -0.2) is 39.7 Å². The summed E-state index contributed by atoms with van der Waals surface area (Å²) in [6.07, 6.45) is 7.50. The number of aryl methyl sites for hydroxylation is 1. The van der Waals surface area contributed by atoms with E-state index in [0.29, 0.717) is 17.7 Å². The highest BCUT2D eigenvalue weighted by Crippen LogP contribution is 2.31. The number of benzene rings is 4. The van der Waals surface area contributed by atoms with Crippen molar-refractivity contribution in [2.24, 2.45) is 0 Å². The first-order valence-corrected chi connectivity index (χ1v) is 15.3. The van der Waals surface area contributed by atoms with E-state index in [9.17, 15) is 14.7 Å². The molecular formula is C36H38N4O3. The van der Waals surface area contributed by atoms with Gasteiger partial charge in [-0.15, -0.1) is 0 Å². The summed E-state index contributed by atoms with van der Waals surface area (Å²) in [6.45, 7) is 2.77. The van der Waals surface area contributed by atoms with Crippen molar-refractivity contribution in [1.29, 1.82) is 0 Å². The summed E-state index contributed by atoms with van der Waals surface area (Å²) in [4.78, 5) is 32.0. The third-order valence-electron chi connectivity index (χ3n) is 8.66. The molecule has 0 atom stereocenters. The number of carboxylic acid groups (broad SMARTS) is 1. The molecule has 43 heavy (non-hydrogen) atoms. The first kappa shape index (κ1) is 28.5. The van der Waals surface area contributed by atoms with Crippen molar-refractivity contribution < 1.29 is 14.7 Å². The van der Waals surface area contributed by atoms with E-state index in [1.165, 1.54) is 19.3 Å². The molecule has 0 spiro atoms. The van der Waals surface area contributed by atoms with Crippen LogP contribution in [0, 0.1) is 0 Å². The van der Waals surface area contributed by atoms with Crippen LogP contribution < -0.4 is 10.2 Å². The van der Waals surface area contributed by atoms with Gasteiger partial charge in [-0.3, -0.25) is 4.90 Å². The summed E-state index contributed by atoms with van der Waals surface area (Å²) >= 11 is 0. The zero-order valence-electron chi connectivity index (χ0n) is 24.8. The zero-order valence-corrected chi connectivity index (χ0v) is 24.8. The molecule has 0 radical (unpaired) electrons. The van der Waals surface area contributed by atoms with E-state index < -0.39 is 5.97 Å². The summed E-state index contributed by atoms with van der Waals surface area (Å²) in [7, 11) is 1.82. The summed E-state index contributed by atoms with van der Waals surface area (Å²) < 4.78 is 2.24. The number of hydrogen-bond donors (Lipinski definition) is 2. The minimum absolute atomic E-state index is 0.0730. The van der Waals surface area contributed by atoms with Crippen LogP contribution in [-0.2, 0) is 13.0 Å². The molecule has 0 bridgehead atoms. The fourth-order valence-corrected chi connectivity index (χ4v) is 6.31. The molecule has 4 aromatic carbocycles. The minimum atomic E-state index is -0.932. The Balaban J connectivity index is 1.29. The first-order chi connectivity index (χ1) is 20.9. The van der Waals surface area contributed by atoms with Crippen LogP contribution in [0.1, 0.15) is 67.2 Å². The average Bonchev–Trinajstić information content (AvgIpc) is 3.36. The number of carboxylic acids is 1. The van der Waals surface area contributed by atoms with Gasteiger partial charge in [-0.25, -0.2) is 14.6 Å². The fraction of sp³-hybridized carbons (Fsp3) is 0.306. The number of aromatic carboxylic acids is 1. The molecule has 2 N–H and O–H groups in total. The number of urea groups is 1. The second kappa shape index (κ2) is 12.3. The Morgan fingerprint density at radius 3 is 2.49 bits per heavy atom. The van der Waals surface area contributed by atoms with Crippen LogP contribution in [0.25, 0.3) is 32.9 Å². The average molecular weight is 575 g/mol. The highest BCUT2D eigenvalue weighted by Gasteiger charge is 2.20. The van der Waals surface area contributed by atoms with E-state index in [4.69, 9.17) is 4.98 Å². The topological polar surface area (TPSA) is 87.5 Å². The van der Waals surface area contributed by atoms with E-state index in [-0.39, 0.29) is 12.1 Å². The molecule has 0 saturated heterocycles. The number of carbonyl (C=O) groups is 2. The molecule has 6 rings (SSSR count). The van der Waals surface area contributed by atoms with Crippen LogP contribution in [0.15, 0.2) is 78.9 Å². The number of anilines is 1. The van der Waals surface area contributed by atoms with E-state index in [2.05, 4.69) is 35.0 Å². The second-order valence-corrected chi connectivity index (χ2v) is 11.6. The number of amides is 2. The Morgan fingerprint density at radius 1 is 0.977 bits per heavy atom. The monoisotopic (exact) mass is 574 g/mol. The predicted molar refractivity (Wildman–Crippen MR) is 173 cm³/mol. The Morgan fingerprint density at radius 2 is 1.74 bits per heavy atom. The van der Waals surface area contributed by atoms with Crippen molar-refractivity contribution in [1.82, 2.24) is 14.9 Å². The molecule has 7 heteroatoms. The third kappa shape index (κ3) is 5.85. The molecule has 1 heterocycles. The smallest absolute Gasteiger partial charge is 0.336 e. The lowest BCUT2D eigenvalue weighted by molar-refractivity contribution is 0.0700. The predicted octanol–water partition coefficient (Wildman–Crippen LogP) is 8.03. The number of hydrogen-bond acceptors (Lipinski definition) is 3. The van der Waals surface area contributed by atoms with Crippen LogP contribution >= 0.6 is 0 Å². The van der Waals surface area contributed by atoms with Crippen molar-refractivity contribution >= 4 is 39.5 Å². The van der Waals surface area contributed by atoms with Gasteiger partial charge in [0.25, 0.3) is 0 Å². The Labute approximate surface area is 252 Å². The molecule has 0 aliphatic heterocycles. The lowest BCUT2D eigenvalue weighted by atomic mass is 9.93. The van der Waals surface area contributed by atoms with Gasteiger partial charge in [-0.1, -0.05) is 86.8 Å². The van der Waals surface area contributed by atoms with Crippen LogP contribution in [0.3, 0.4) is 0 Å². The molecule has 1 aliphatic rings. The third-order valence-corrected chi connectivity index (χ3v) is 8.66. The first-order valence-electron chi connectivity index (χ1n) is 15.3. The van der Waals surface area contributed by atoms with Gasteiger partial charge in [0.05, 0.1) is 16.6 Å². The Kier molecular flexibility index (Phi) is 8.14. The molecule has 5 aromatic rings. The molecular weight excluding hydrogens is 536 g/mol. The molecule has 1 aliphatic carbocycles. The lowest BCUT2D eigenvalue weighted by Crippen LogP contribution is -2.43. The molecule has 2 amide bonds. The van der Waals surface area contributed by atoms with Crippen LogP contribution in [0.2, 0.25) is 0 Å². The van der Waals surface area contributed by atoms with E-state index in [1.54, 1.807) is 4.90 Å². The van der Waals surface area contributed by atoms with Gasteiger partial charge in [-0.2, -0.15) is 0 Å². The molecule has 1 saturated carbocycles. The quantitative estimate of drug-likeness (QED) is 0.196. The van der Waals surface area contributed by atoms with Crippen molar-refractivity contribution in [2.75, 3.05) is 11.9 Å². The highest BCUT2D eigenvalue weighted by molar-refractivity contribution is 6.09. The van der Waals surface area contributed by atoms with Crippen molar-refractivity contribution in [3.63, 3.8) is 0 Å². The zero-order chi connectivity index (χ0) is 29.9. The van der Waals surface area contributed by atoms with E-state index in [1.807, 2.05) is 67.7 Å². The van der Waals surface area contributed by atoms with E-state index >= 15 is 0 Å². The maximum absolute atomic E-state index is 13.1. The summed E-state index contributed by atoms with van der Waals surface area (Å²) in [5.41, 5.74) is 5.71. The van der Waals surface area contributed by atoms with Gasteiger partial charge in [0.2, 0.25) is 0 Å². The number of rotatable bonds is 8. The molecule has 0 unspecified atom stereocenters. The lowest BCUT2D eigenvalue weighted by Gasteiger charge is -2.26. The van der Waals surface area contributed by atoms with Gasteiger partial charge < -0.3 is 15.0 Å². The number of fused-ring (bicyclic) bond motifs is 2. The van der Waals surface area contributed by atoms with Gasteiger partial charge in [0.15, 0.2) is 0 Å². The molecule has 1 aromatic heterocycles. The normalized spacial score (nSPS) is 13.8. The van der Waals surface area contributed by atoms with Gasteiger partial charge in [0.1, 0.15) is 5.82 Å². The number of nitrogens with zero attached hydrogens (tertiary/aromatic N) is 3. The van der Waals surface area contributed by atoms with Gasteiger partial charge >= 0.3 is 12.0 Å². The number of nitrogens with one attached hydrogen (secondary N) is 1. The van der Waals surface area contributed by atoms with Crippen LogP contribution in [0.5, 0.6) is 0 Å². The minimum Gasteiger partial charge on any atom is -0.478 e. The Bertz CT molecular complexity index is 1780. The highest BCUT2D eigenvalue weighted by atomic mass is 16.4. The fourth-order valence-electron chi connectivity index (χ4n) is 6.31. The SMILES string of the molecule is CCCc1nc2ccc(N(C)C(=O)NC3CCCCC3)cc2n1Cc1ccc(-c2ccc3ccccc3c2C(=O)O)cc1. The maximum Gasteiger partial charge on any atom is 0.336 e. The number of aromatic nitrogens is 2. The van der Waals surface area contributed by atoms with Crippen molar-refractivity contribution in [3.05, 3.63) is 95.8 Å². The summed E-state index contributed by atoms with van der Waals surface area (Å²) in [6, 6.07) is 25.8. The molecule has 7 nitrogen and oxygen atoms in total. The standard InChI is InChI=1S/C36H38N4O3/c1-3-9-33-38-31-21-19-28(39(2)36(43)37-27-11-5-4-6-12-27)22-32(31)40(33)23-24-14-16-26(17-15-24)30-20-18-25-10-7-8-13-29(25)34(30)35(41)42/h7-8,10,13-22,27H,3-6,9,11-12,23H2,1-2H3,(H,37,43)(H,41,42). The van der Waals surface area contributed by atoms with E-state index in [0.717, 1.165) is 70.1 Å². The van der Waals surface area contributed by atoms with Crippen molar-refractivity contribution in [2.45, 2.75) is 64.5 Å². The summed E-state index contributed by atoms with van der Waals surface area (Å²) in [5.74, 6) is 0.0777. The number of carbonyl (C=O) groups excluding carboxylic acids is 1. The summed E-state index contributed by atoms with van der Waals surface area (Å²) in [5, 5.41) is 14.9. The second-order valence-electron chi connectivity index (χ2n) is 11.6. The molecule has 220 valence electrons. The number of imidazole rings is 1. The van der Waals surface area contributed by atoms with Gasteiger partial charge in [0, 0.05) is 31.7 Å².